The molecule has 0 saturated carbocycles. The molecule has 0 saturated heterocycles. The maximum Gasteiger partial charge on any atom is 0.203 e. The van der Waals surface area contributed by atoms with Gasteiger partial charge in [0.25, 0.3) is 0 Å². The lowest BCUT2D eigenvalue weighted by molar-refractivity contribution is 0.296. The van der Waals surface area contributed by atoms with E-state index in [9.17, 15) is 0 Å². The van der Waals surface area contributed by atoms with Gasteiger partial charge in [0.1, 0.15) is 12.4 Å². The molecule has 0 fully saturated rings. The second-order valence-corrected chi connectivity index (χ2v) is 5.14. The summed E-state index contributed by atoms with van der Waals surface area (Å²) in [4.78, 5) is 0. The van der Waals surface area contributed by atoms with Gasteiger partial charge in [-0.15, -0.1) is 0 Å². The molecule has 0 atom stereocenters. The fraction of sp³-hybridized carbons (Fsp3) is 0.625. The quantitative estimate of drug-likeness (QED) is 0.673. The average Bonchev–Trinajstić information content (AvgIpc) is 2.49. The molecule has 120 valence electrons. The minimum Gasteiger partial charge on any atom is -0.493 e. The Balaban J connectivity index is 2.51. The van der Waals surface area contributed by atoms with E-state index in [2.05, 4.69) is 19.2 Å². The first kappa shape index (κ1) is 17.4. The van der Waals surface area contributed by atoms with E-state index in [0.717, 1.165) is 13.1 Å². The number of rotatable bonds is 10. The van der Waals surface area contributed by atoms with Gasteiger partial charge in [0, 0.05) is 18.7 Å². The van der Waals surface area contributed by atoms with Crippen molar-refractivity contribution in [3.05, 3.63) is 12.1 Å². The predicted molar refractivity (Wildman–Crippen MR) is 83.9 cm³/mol. The van der Waals surface area contributed by atoms with Crippen LogP contribution in [-0.2, 0) is 0 Å². The molecule has 0 heterocycles. The fourth-order valence-corrected chi connectivity index (χ4v) is 1.90. The van der Waals surface area contributed by atoms with Crippen LogP contribution in [0.4, 0.5) is 0 Å². The standard InChI is InChI=1S/C16H27NO4/c1-12(2)6-7-17-8-9-21-13-10-14(18-3)16(20-5)15(11-13)19-4/h10-12,17H,6-9H2,1-5H3. The summed E-state index contributed by atoms with van der Waals surface area (Å²) in [7, 11) is 4.77. The first-order valence-corrected chi connectivity index (χ1v) is 7.25. The molecule has 21 heavy (non-hydrogen) atoms. The van der Waals surface area contributed by atoms with Crippen molar-refractivity contribution in [3.8, 4) is 23.0 Å². The monoisotopic (exact) mass is 297 g/mol. The van der Waals surface area contributed by atoms with Crippen molar-refractivity contribution in [1.82, 2.24) is 5.32 Å². The second-order valence-electron chi connectivity index (χ2n) is 5.14. The van der Waals surface area contributed by atoms with Crippen LogP contribution in [0, 0.1) is 5.92 Å². The largest absolute Gasteiger partial charge is 0.493 e. The third kappa shape index (κ3) is 5.71. The molecule has 0 amide bonds. The van der Waals surface area contributed by atoms with Gasteiger partial charge in [0.05, 0.1) is 21.3 Å². The Morgan fingerprint density at radius 2 is 1.57 bits per heavy atom. The molecular weight excluding hydrogens is 270 g/mol. The Morgan fingerprint density at radius 1 is 0.952 bits per heavy atom. The topological polar surface area (TPSA) is 49.0 Å². The van der Waals surface area contributed by atoms with E-state index < -0.39 is 0 Å². The highest BCUT2D eigenvalue weighted by Gasteiger charge is 2.13. The molecule has 0 unspecified atom stereocenters. The zero-order valence-electron chi connectivity index (χ0n) is 13.7. The first-order chi connectivity index (χ1) is 10.1. The maximum absolute atomic E-state index is 5.72. The van der Waals surface area contributed by atoms with Crippen LogP contribution in [-0.4, -0.2) is 41.0 Å². The van der Waals surface area contributed by atoms with E-state index >= 15 is 0 Å². The SMILES string of the molecule is COc1cc(OCCNCCC(C)C)cc(OC)c1OC. The Bertz CT molecular complexity index is 396. The van der Waals surface area contributed by atoms with Crippen LogP contribution >= 0.6 is 0 Å². The molecule has 0 aromatic heterocycles. The molecular formula is C16H27NO4. The molecule has 0 spiro atoms. The summed E-state index contributed by atoms with van der Waals surface area (Å²) < 4.78 is 21.6. The minimum atomic E-state index is 0.572. The van der Waals surface area contributed by atoms with Gasteiger partial charge in [-0.1, -0.05) is 13.8 Å². The number of methoxy groups -OCH3 is 3. The van der Waals surface area contributed by atoms with E-state index in [1.165, 1.54) is 6.42 Å². The minimum absolute atomic E-state index is 0.572. The second kappa shape index (κ2) is 9.34. The predicted octanol–water partition coefficient (Wildman–Crippen LogP) is 2.73. The summed E-state index contributed by atoms with van der Waals surface area (Å²) in [5.74, 6) is 3.19. The van der Waals surface area contributed by atoms with Gasteiger partial charge in [-0.2, -0.15) is 0 Å². The third-order valence-electron chi connectivity index (χ3n) is 3.08. The van der Waals surface area contributed by atoms with Gasteiger partial charge in [-0.05, 0) is 18.9 Å². The van der Waals surface area contributed by atoms with Crippen LogP contribution in [0.2, 0.25) is 0 Å². The van der Waals surface area contributed by atoms with E-state index in [-0.39, 0.29) is 0 Å². The van der Waals surface area contributed by atoms with Crippen LogP contribution in [0.25, 0.3) is 0 Å². The fourth-order valence-electron chi connectivity index (χ4n) is 1.90. The van der Waals surface area contributed by atoms with E-state index in [1.54, 1.807) is 33.5 Å². The molecule has 1 N–H and O–H groups in total. The van der Waals surface area contributed by atoms with Crippen molar-refractivity contribution < 1.29 is 18.9 Å². The third-order valence-corrected chi connectivity index (χ3v) is 3.08. The Kier molecular flexibility index (Phi) is 7.75. The van der Waals surface area contributed by atoms with Crippen molar-refractivity contribution in [2.45, 2.75) is 20.3 Å². The lowest BCUT2D eigenvalue weighted by Crippen LogP contribution is -2.23. The summed E-state index contributed by atoms with van der Waals surface area (Å²) >= 11 is 0. The molecule has 5 nitrogen and oxygen atoms in total. The van der Waals surface area contributed by atoms with Gasteiger partial charge >= 0.3 is 0 Å². The first-order valence-electron chi connectivity index (χ1n) is 7.25. The highest BCUT2D eigenvalue weighted by atomic mass is 16.5. The van der Waals surface area contributed by atoms with Crippen LogP contribution in [0.3, 0.4) is 0 Å². The zero-order valence-corrected chi connectivity index (χ0v) is 13.7. The van der Waals surface area contributed by atoms with E-state index in [4.69, 9.17) is 18.9 Å². The molecule has 1 aromatic carbocycles. The highest BCUT2D eigenvalue weighted by Crippen LogP contribution is 2.40. The number of benzene rings is 1. The molecule has 1 aromatic rings. The van der Waals surface area contributed by atoms with Gasteiger partial charge < -0.3 is 24.3 Å². The number of nitrogens with one attached hydrogen (secondary N) is 1. The van der Waals surface area contributed by atoms with Crippen molar-refractivity contribution >= 4 is 0 Å². The van der Waals surface area contributed by atoms with Gasteiger partial charge in [0.2, 0.25) is 5.75 Å². The Labute approximate surface area is 127 Å². The van der Waals surface area contributed by atoms with Crippen LogP contribution in [0.5, 0.6) is 23.0 Å². The lowest BCUT2D eigenvalue weighted by atomic mass is 10.1. The summed E-state index contributed by atoms with van der Waals surface area (Å²) in [6.45, 7) is 6.85. The molecule has 1 rings (SSSR count). The van der Waals surface area contributed by atoms with Crippen molar-refractivity contribution in [2.24, 2.45) is 5.92 Å². The van der Waals surface area contributed by atoms with Gasteiger partial charge in [-0.3, -0.25) is 0 Å². The van der Waals surface area contributed by atoms with E-state index in [0.29, 0.717) is 35.5 Å². The van der Waals surface area contributed by atoms with Crippen molar-refractivity contribution in [2.75, 3.05) is 41.0 Å². The molecule has 5 heteroatoms. The Hall–Kier alpha value is -1.62. The summed E-state index contributed by atoms with van der Waals surface area (Å²) in [6, 6.07) is 3.60. The number of ether oxygens (including phenoxy) is 4. The smallest absolute Gasteiger partial charge is 0.203 e. The summed E-state index contributed by atoms with van der Waals surface area (Å²) in [5, 5.41) is 3.35. The molecule has 0 aliphatic heterocycles. The van der Waals surface area contributed by atoms with Crippen LogP contribution in [0.15, 0.2) is 12.1 Å². The van der Waals surface area contributed by atoms with Crippen molar-refractivity contribution in [1.29, 1.82) is 0 Å². The molecule has 0 aliphatic carbocycles. The summed E-state index contributed by atoms with van der Waals surface area (Å²) in [5.41, 5.74) is 0. The lowest BCUT2D eigenvalue weighted by Gasteiger charge is -2.15. The highest BCUT2D eigenvalue weighted by molar-refractivity contribution is 5.55. The molecule has 0 aliphatic rings. The maximum atomic E-state index is 5.72. The van der Waals surface area contributed by atoms with Gasteiger partial charge in [0.15, 0.2) is 11.5 Å². The normalized spacial score (nSPS) is 10.6. The van der Waals surface area contributed by atoms with Crippen LogP contribution in [0.1, 0.15) is 20.3 Å². The number of hydrogen-bond acceptors (Lipinski definition) is 5. The van der Waals surface area contributed by atoms with Crippen molar-refractivity contribution in [3.63, 3.8) is 0 Å². The van der Waals surface area contributed by atoms with Crippen LogP contribution < -0.4 is 24.3 Å². The van der Waals surface area contributed by atoms with E-state index in [1.807, 2.05) is 0 Å². The Morgan fingerprint density at radius 3 is 2.05 bits per heavy atom. The zero-order chi connectivity index (χ0) is 15.7. The summed E-state index contributed by atoms with van der Waals surface area (Å²) in [6.07, 6.45) is 1.17. The number of hydrogen-bond donors (Lipinski definition) is 1. The molecule has 0 bridgehead atoms. The molecule has 0 radical (unpaired) electrons. The average molecular weight is 297 g/mol. The van der Waals surface area contributed by atoms with Gasteiger partial charge in [-0.25, -0.2) is 0 Å².